The Kier molecular flexibility index (Phi) is 5.53. The summed E-state index contributed by atoms with van der Waals surface area (Å²) in [7, 11) is 1.50. The summed E-state index contributed by atoms with van der Waals surface area (Å²) in [6, 6.07) is 16.3. The van der Waals surface area contributed by atoms with E-state index in [0.29, 0.717) is 13.0 Å². The van der Waals surface area contributed by atoms with Crippen LogP contribution in [-0.4, -0.2) is 46.0 Å². The van der Waals surface area contributed by atoms with E-state index >= 15 is 0 Å². The van der Waals surface area contributed by atoms with Gasteiger partial charge in [-0.1, -0.05) is 48.5 Å². The predicted octanol–water partition coefficient (Wildman–Crippen LogP) is 3.23. The Balaban J connectivity index is 1.12. The van der Waals surface area contributed by atoms with Crippen molar-refractivity contribution in [2.45, 2.75) is 12.3 Å². The fraction of sp³-hybridized carbons (Fsp3) is 0.280. The fourth-order valence-electron chi connectivity index (χ4n) is 4.67. The Labute approximate surface area is 195 Å². The first-order valence-electron chi connectivity index (χ1n) is 11.1. The molecule has 0 radical (unpaired) electrons. The molecule has 2 aliphatic carbocycles. The highest BCUT2D eigenvalue weighted by Gasteiger charge is 2.43. The molecule has 9 heteroatoms. The second-order valence-electron chi connectivity index (χ2n) is 8.63. The minimum absolute atomic E-state index is 0.0134. The fourth-order valence-corrected chi connectivity index (χ4v) is 4.67. The van der Waals surface area contributed by atoms with Crippen LogP contribution in [0.4, 0.5) is 10.5 Å². The maximum Gasteiger partial charge on any atom is 0.407 e. The van der Waals surface area contributed by atoms with Crippen LogP contribution in [0.1, 0.15) is 34.0 Å². The summed E-state index contributed by atoms with van der Waals surface area (Å²) >= 11 is 0. The lowest BCUT2D eigenvalue weighted by Gasteiger charge is -2.14. The molecule has 1 heterocycles. The van der Waals surface area contributed by atoms with Gasteiger partial charge in [0.25, 0.3) is 0 Å². The zero-order chi connectivity index (χ0) is 23.8. The van der Waals surface area contributed by atoms with Gasteiger partial charge in [0.1, 0.15) is 6.61 Å². The molecule has 0 spiro atoms. The average molecular weight is 460 g/mol. The third kappa shape index (κ3) is 4.00. The van der Waals surface area contributed by atoms with E-state index in [1.807, 2.05) is 24.3 Å². The van der Waals surface area contributed by atoms with Crippen LogP contribution in [0.5, 0.6) is 0 Å². The number of nitrogens with one attached hydrogen (secondary N) is 2. The molecule has 5 rings (SSSR count). The number of hydrogen-bond acceptors (Lipinski definition) is 5. The number of carboxylic acid groups (broad SMARTS) is 1. The number of carboxylic acids is 1. The molecule has 0 unspecified atom stereocenters. The number of anilines is 1. The van der Waals surface area contributed by atoms with Crippen molar-refractivity contribution in [3.8, 4) is 11.1 Å². The van der Waals surface area contributed by atoms with E-state index in [4.69, 9.17) is 4.74 Å². The molecule has 2 aliphatic rings. The SMILES string of the molecule is Cn1ncc(NC(=O)[C@H]2C[C@H]2CNC(=O)OCC2c3ccccc3-c3ccccc32)c1C(=O)O. The minimum Gasteiger partial charge on any atom is -0.476 e. The van der Waals surface area contributed by atoms with Crippen molar-refractivity contribution in [2.75, 3.05) is 18.5 Å². The number of nitrogens with zero attached hydrogens (tertiary/aromatic N) is 2. The number of hydrogen-bond donors (Lipinski definition) is 3. The summed E-state index contributed by atoms with van der Waals surface area (Å²) in [5.41, 5.74) is 4.70. The van der Waals surface area contributed by atoms with E-state index in [-0.39, 0.29) is 41.6 Å². The molecule has 174 valence electrons. The quantitative estimate of drug-likeness (QED) is 0.498. The van der Waals surface area contributed by atoms with Crippen LogP contribution >= 0.6 is 0 Å². The summed E-state index contributed by atoms with van der Waals surface area (Å²) in [5.74, 6) is -1.78. The van der Waals surface area contributed by atoms with Crippen molar-refractivity contribution >= 4 is 23.7 Å². The highest BCUT2D eigenvalue weighted by Crippen LogP contribution is 2.44. The number of carbonyl (C=O) groups excluding carboxylic acids is 2. The van der Waals surface area contributed by atoms with Crippen molar-refractivity contribution in [1.29, 1.82) is 0 Å². The Bertz CT molecular complexity index is 1240. The predicted molar refractivity (Wildman–Crippen MR) is 123 cm³/mol. The first kappa shape index (κ1) is 21.7. The molecular weight excluding hydrogens is 436 g/mol. The van der Waals surface area contributed by atoms with Crippen LogP contribution in [-0.2, 0) is 16.6 Å². The second kappa shape index (κ2) is 8.66. The summed E-state index contributed by atoms with van der Waals surface area (Å²) < 4.78 is 6.72. The van der Waals surface area contributed by atoms with Gasteiger partial charge in [0.15, 0.2) is 5.69 Å². The maximum atomic E-state index is 12.5. The summed E-state index contributed by atoms with van der Waals surface area (Å²) in [6.45, 7) is 0.543. The van der Waals surface area contributed by atoms with Crippen LogP contribution < -0.4 is 10.6 Å². The third-order valence-corrected chi connectivity index (χ3v) is 6.51. The Hall–Kier alpha value is -4.14. The third-order valence-electron chi connectivity index (χ3n) is 6.51. The molecule has 0 saturated heterocycles. The Morgan fingerprint density at radius 3 is 2.38 bits per heavy atom. The molecular formula is C25H24N4O5. The zero-order valence-electron chi connectivity index (χ0n) is 18.5. The molecule has 3 aromatic rings. The molecule has 1 aromatic heterocycles. The van der Waals surface area contributed by atoms with Crippen LogP contribution in [0.3, 0.4) is 0 Å². The normalized spacial score (nSPS) is 18.0. The summed E-state index contributed by atoms with van der Waals surface area (Å²) in [6.07, 6.45) is 1.40. The van der Waals surface area contributed by atoms with E-state index in [2.05, 4.69) is 40.0 Å². The molecule has 2 atom stereocenters. The number of benzene rings is 2. The topological polar surface area (TPSA) is 123 Å². The van der Waals surface area contributed by atoms with Gasteiger partial charge in [-0.2, -0.15) is 5.10 Å². The van der Waals surface area contributed by atoms with Crippen molar-refractivity contribution < 1.29 is 24.2 Å². The van der Waals surface area contributed by atoms with E-state index < -0.39 is 12.1 Å². The van der Waals surface area contributed by atoms with Crippen molar-refractivity contribution in [1.82, 2.24) is 15.1 Å². The highest BCUT2D eigenvalue weighted by molar-refractivity contribution is 6.00. The lowest BCUT2D eigenvalue weighted by molar-refractivity contribution is -0.117. The van der Waals surface area contributed by atoms with Gasteiger partial charge >= 0.3 is 12.1 Å². The smallest absolute Gasteiger partial charge is 0.407 e. The number of fused-ring (bicyclic) bond motifs is 3. The maximum absolute atomic E-state index is 12.5. The molecule has 9 nitrogen and oxygen atoms in total. The van der Waals surface area contributed by atoms with Gasteiger partial charge < -0.3 is 20.5 Å². The number of aryl methyl sites for hydroxylation is 1. The van der Waals surface area contributed by atoms with Gasteiger partial charge in [0.05, 0.1) is 11.9 Å². The number of aromatic nitrogens is 2. The lowest BCUT2D eigenvalue weighted by Crippen LogP contribution is -2.29. The van der Waals surface area contributed by atoms with Gasteiger partial charge in [-0.3, -0.25) is 9.48 Å². The van der Waals surface area contributed by atoms with Gasteiger partial charge in [-0.05, 0) is 34.6 Å². The highest BCUT2D eigenvalue weighted by atomic mass is 16.5. The van der Waals surface area contributed by atoms with Crippen LogP contribution in [0.15, 0.2) is 54.7 Å². The number of rotatable bonds is 7. The van der Waals surface area contributed by atoms with Crippen LogP contribution in [0, 0.1) is 11.8 Å². The standard InChI is InChI=1S/C25H24N4O5/c1-29-22(24(31)32)21(12-27-29)28-23(30)19-10-14(19)11-26-25(33)34-13-20-17-8-4-2-6-15(17)16-7-3-5-9-18(16)20/h2-9,12,14,19-20H,10-11,13H2,1H3,(H,26,33)(H,28,30)(H,31,32)/t14-,19-/m0/s1. The number of aromatic carboxylic acids is 1. The first-order chi connectivity index (χ1) is 16.4. The van der Waals surface area contributed by atoms with E-state index in [9.17, 15) is 19.5 Å². The van der Waals surface area contributed by atoms with Crippen LogP contribution in [0.2, 0.25) is 0 Å². The summed E-state index contributed by atoms with van der Waals surface area (Å²) in [4.78, 5) is 36.1. The molecule has 2 aromatic carbocycles. The molecule has 0 bridgehead atoms. The summed E-state index contributed by atoms with van der Waals surface area (Å²) in [5, 5.41) is 18.5. The molecule has 1 saturated carbocycles. The van der Waals surface area contributed by atoms with Gasteiger partial charge in [0, 0.05) is 25.4 Å². The van der Waals surface area contributed by atoms with Crippen molar-refractivity contribution in [3.05, 3.63) is 71.5 Å². The number of alkyl carbamates (subject to hydrolysis) is 1. The Morgan fingerprint density at radius 2 is 1.74 bits per heavy atom. The number of carbonyl (C=O) groups is 3. The van der Waals surface area contributed by atoms with Crippen molar-refractivity contribution in [3.63, 3.8) is 0 Å². The van der Waals surface area contributed by atoms with Gasteiger partial charge in [-0.15, -0.1) is 0 Å². The first-order valence-corrected chi connectivity index (χ1v) is 11.1. The molecule has 3 N–H and O–H groups in total. The zero-order valence-corrected chi connectivity index (χ0v) is 18.5. The average Bonchev–Trinajstić information content (AvgIpc) is 3.42. The lowest BCUT2D eigenvalue weighted by atomic mass is 9.98. The molecule has 1 fully saturated rings. The molecule has 34 heavy (non-hydrogen) atoms. The molecule has 2 amide bonds. The number of amides is 2. The van der Waals surface area contributed by atoms with E-state index in [1.165, 1.54) is 29.1 Å². The second-order valence-corrected chi connectivity index (χ2v) is 8.63. The largest absolute Gasteiger partial charge is 0.476 e. The molecule has 0 aliphatic heterocycles. The van der Waals surface area contributed by atoms with E-state index in [1.54, 1.807) is 0 Å². The number of ether oxygens (including phenoxy) is 1. The van der Waals surface area contributed by atoms with E-state index in [0.717, 1.165) is 11.1 Å². The van der Waals surface area contributed by atoms with Crippen molar-refractivity contribution in [2.24, 2.45) is 18.9 Å². The van der Waals surface area contributed by atoms with Gasteiger partial charge in [-0.25, -0.2) is 9.59 Å². The monoisotopic (exact) mass is 460 g/mol. The van der Waals surface area contributed by atoms with Crippen LogP contribution in [0.25, 0.3) is 11.1 Å². The Morgan fingerprint density at radius 1 is 1.09 bits per heavy atom. The minimum atomic E-state index is -1.17. The van der Waals surface area contributed by atoms with Gasteiger partial charge in [0.2, 0.25) is 5.91 Å².